The van der Waals surface area contributed by atoms with Crippen molar-refractivity contribution in [3.63, 3.8) is 0 Å². The zero-order valence-electron chi connectivity index (χ0n) is 10.9. The van der Waals surface area contributed by atoms with Gasteiger partial charge in [-0.2, -0.15) is 5.10 Å². The van der Waals surface area contributed by atoms with Gasteiger partial charge in [0.1, 0.15) is 0 Å². The monoisotopic (exact) mass is 270 g/mol. The Morgan fingerprint density at radius 3 is 2.55 bits per heavy atom. The van der Waals surface area contributed by atoms with Gasteiger partial charge in [-0.05, 0) is 36.8 Å². The van der Waals surface area contributed by atoms with E-state index in [0.717, 1.165) is 11.3 Å². The maximum Gasteiger partial charge on any atom is 0.269 e. The number of rotatable bonds is 4. The number of anilines is 2. The molecule has 0 spiro atoms. The highest BCUT2D eigenvalue weighted by molar-refractivity contribution is 5.99. The molecule has 0 amide bonds. The molecule has 3 N–H and O–H groups in total. The van der Waals surface area contributed by atoms with Crippen LogP contribution < -0.4 is 11.2 Å². The summed E-state index contributed by atoms with van der Waals surface area (Å²) < 4.78 is 0. The Kier molecular flexibility index (Phi) is 3.95. The second-order valence-corrected chi connectivity index (χ2v) is 4.24. The van der Waals surface area contributed by atoms with Crippen molar-refractivity contribution in [2.45, 2.75) is 6.92 Å². The summed E-state index contributed by atoms with van der Waals surface area (Å²) in [5.74, 6) is 0. The predicted molar refractivity (Wildman–Crippen MR) is 79.8 cm³/mol. The fourth-order valence-electron chi connectivity index (χ4n) is 1.63. The number of benzene rings is 2. The molecular formula is C14H14N4O2. The van der Waals surface area contributed by atoms with Crippen LogP contribution >= 0.6 is 0 Å². The first kappa shape index (κ1) is 13.5. The second kappa shape index (κ2) is 5.83. The van der Waals surface area contributed by atoms with Gasteiger partial charge in [0, 0.05) is 17.8 Å². The van der Waals surface area contributed by atoms with Gasteiger partial charge in [-0.3, -0.25) is 15.5 Å². The quantitative estimate of drug-likeness (QED) is 0.386. The van der Waals surface area contributed by atoms with Gasteiger partial charge in [0.15, 0.2) is 0 Å². The van der Waals surface area contributed by atoms with Gasteiger partial charge < -0.3 is 5.73 Å². The van der Waals surface area contributed by atoms with E-state index in [2.05, 4.69) is 10.5 Å². The number of hydrogen-bond acceptors (Lipinski definition) is 5. The van der Waals surface area contributed by atoms with Crippen molar-refractivity contribution in [2.24, 2.45) is 5.10 Å². The summed E-state index contributed by atoms with van der Waals surface area (Å²) in [5.41, 5.74) is 11.7. The molecule has 0 aliphatic carbocycles. The highest BCUT2D eigenvalue weighted by atomic mass is 16.6. The lowest BCUT2D eigenvalue weighted by atomic mass is 10.1. The van der Waals surface area contributed by atoms with E-state index in [1.165, 1.54) is 12.1 Å². The van der Waals surface area contributed by atoms with Crippen molar-refractivity contribution >= 4 is 22.8 Å². The van der Waals surface area contributed by atoms with Crippen LogP contribution in [0.3, 0.4) is 0 Å². The van der Waals surface area contributed by atoms with Crippen LogP contribution in [0.1, 0.15) is 12.5 Å². The Balaban J connectivity index is 2.10. The number of non-ortho nitro benzene ring substituents is 1. The summed E-state index contributed by atoms with van der Waals surface area (Å²) in [4.78, 5) is 10.1. The molecule has 0 heterocycles. The van der Waals surface area contributed by atoms with E-state index < -0.39 is 4.92 Å². The summed E-state index contributed by atoms with van der Waals surface area (Å²) in [6, 6.07) is 13.5. The van der Waals surface area contributed by atoms with Crippen LogP contribution in [0.4, 0.5) is 17.1 Å². The fraction of sp³-hybridized carbons (Fsp3) is 0.0714. The van der Waals surface area contributed by atoms with Crippen molar-refractivity contribution in [1.82, 2.24) is 0 Å². The second-order valence-electron chi connectivity index (χ2n) is 4.24. The number of hydrazone groups is 1. The number of nitro benzene ring substituents is 1. The number of hydrogen-bond donors (Lipinski definition) is 2. The van der Waals surface area contributed by atoms with Crippen LogP contribution in [-0.2, 0) is 0 Å². The zero-order chi connectivity index (χ0) is 14.5. The minimum Gasteiger partial charge on any atom is -0.399 e. The lowest BCUT2D eigenvalue weighted by Gasteiger charge is -2.04. The molecule has 0 saturated carbocycles. The normalized spacial score (nSPS) is 11.2. The average Bonchev–Trinajstić information content (AvgIpc) is 2.45. The smallest absolute Gasteiger partial charge is 0.269 e. The third kappa shape index (κ3) is 3.32. The molecule has 0 aliphatic rings. The summed E-state index contributed by atoms with van der Waals surface area (Å²) in [6.07, 6.45) is 0. The number of nitrogens with two attached hydrogens (primary N) is 1. The van der Waals surface area contributed by atoms with Gasteiger partial charge in [0.2, 0.25) is 0 Å². The summed E-state index contributed by atoms with van der Waals surface area (Å²) in [7, 11) is 0. The highest BCUT2D eigenvalue weighted by Gasteiger charge is 2.03. The standard InChI is InChI=1S/C14H14N4O2/c1-10(11-3-2-4-12(15)9-11)16-17-13-5-7-14(8-6-13)18(19)20/h2-9,17H,15H2,1H3/b16-10-. The third-order valence-electron chi connectivity index (χ3n) is 2.74. The molecule has 0 saturated heterocycles. The number of nitrogen functional groups attached to an aromatic ring is 1. The molecule has 0 radical (unpaired) electrons. The van der Waals surface area contributed by atoms with E-state index >= 15 is 0 Å². The maximum atomic E-state index is 10.5. The first-order chi connectivity index (χ1) is 9.56. The topological polar surface area (TPSA) is 93.5 Å². The average molecular weight is 270 g/mol. The lowest BCUT2D eigenvalue weighted by molar-refractivity contribution is -0.384. The van der Waals surface area contributed by atoms with Gasteiger partial charge in [-0.1, -0.05) is 12.1 Å². The summed E-state index contributed by atoms with van der Waals surface area (Å²) >= 11 is 0. The van der Waals surface area contributed by atoms with Crippen LogP contribution in [0.15, 0.2) is 53.6 Å². The van der Waals surface area contributed by atoms with E-state index in [-0.39, 0.29) is 5.69 Å². The third-order valence-corrected chi connectivity index (χ3v) is 2.74. The summed E-state index contributed by atoms with van der Waals surface area (Å²) in [5, 5.41) is 14.8. The molecule has 0 bridgehead atoms. The van der Waals surface area contributed by atoms with E-state index in [1.807, 2.05) is 25.1 Å². The van der Waals surface area contributed by atoms with E-state index in [4.69, 9.17) is 5.73 Å². The molecule has 2 aromatic carbocycles. The lowest BCUT2D eigenvalue weighted by Crippen LogP contribution is -2.00. The van der Waals surface area contributed by atoms with Crippen LogP contribution in [0.5, 0.6) is 0 Å². The molecule has 0 unspecified atom stereocenters. The Morgan fingerprint density at radius 2 is 1.95 bits per heavy atom. The van der Waals surface area contributed by atoms with Crippen molar-refractivity contribution < 1.29 is 4.92 Å². The Bertz CT molecular complexity index is 650. The molecular weight excluding hydrogens is 256 g/mol. The van der Waals surface area contributed by atoms with Crippen LogP contribution in [0.25, 0.3) is 0 Å². The van der Waals surface area contributed by atoms with E-state index in [9.17, 15) is 10.1 Å². The first-order valence-electron chi connectivity index (χ1n) is 5.97. The molecule has 6 nitrogen and oxygen atoms in total. The molecule has 2 rings (SSSR count). The molecule has 0 aromatic heterocycles. The Labute approximate surface area is 116 Å². The molecule has 0 aliphatic heterocycles. The van der Waals surface area contributed by atoms with Crippen LogP contribution in [0, 0.1) is 10.1 Å². The Hall–Kier alpha value is -2.89. The fourth-order valence-corrected chi connectivity index (χ4v) is 1.63. The molecule has 102 valence electrons. The van der Waals surface area contributed by atoms with Crippen molar-refractivity contribution in [1.29, 1.82) is 0 Å². The van der Waals surface area contributed by atoms with Crippen molar-refractivity contribution in [3.8, 4) is 0 Å². The van der Waals surface area contributed by atoms with Crippen molar-refractivity contribution in [2.75, 3.05) is 11.2 Å². The number of nitrogens with zero attached hydrogens (tertiary/aromatic N) is 2. The predicted octanol–water partition coefficient (Wildman–Crippen LogP) is 3.01. The maximum absolute atomic E-state index is 10.5. The van der Waals surface area contributed by atoms with E-state index in [1.54, 1.807) is 18.2 Å². The molecule has 6 heteroatoms. The molecule has 2 aromatic rings. The zero-order valence-corrected chi connectivity index (χ0v) is 10.9. The van der Waals surface area contributed by atoms with Crippen molar-refractivity contribution in [3.05, 3.63) is 64.2 Å². The molecule has 0 atom stereocenters. The van der Waals surface area contributed by atoms with Gasteiger partial charge in [0.05, 0.1) is 16.3 Å². The van der Waals surface area contributed by atoms with Crippen LogP contribution in [-0.4, -0.2) is 10.6 Å². The number of nitro groups is 1. The van der Waals surface area contributed by atoms with Gasteiger partial charge in [-0.25, -0.2) is 0 Å². The Morgan fingerprint density at radius 1 is 1.25 bits per heavy atom. The largest absolute Gasteiger partial charge is 0.399 e. The minimum absolute atomic E-state index is 0.0482. The number of nitrogens with one attached hydrogen (secondary N) is 1. The van der Waals surface area contributed by atoms with E-state index in [0.29, 0.717) is 11.4 Å². The first-order valence-corrected chi connectivity index (χ1v) is 5.97. The minimum atomic E-state index is -0.439. The summed E-state index contributed by atoms with van der Waals surface area (Å²) in [6.45, 7) is 1.85. The van der Waals surface area contributed by atoms with Crippen LogP contribution in [0.2, 0.25) is 0 Å². The molecule has 0 fully saturated rings. The van der Waals surface area contributed by atoms with Gasteiger partial charge >= 0.3 is 0 Å². The van der Waals surface area contributed by atoms with Gasteiger partial charge in [-0.15, -0.1) is 0 Å². The molecule has 20 heavy (non-hydrogen) atoms. The SMILES string of the molecule is C/C(=N/Nc1ccc([N+](=O)[O-])cc1)c1cccc(N)c1. The highest BCUT2D eigenvalue weighted by Crippen LogP contribution is 2.15. The van der Waals surface area contributed by atoms with Gasteiger partial charge in [0.25, 0.3) is 5.69 Å².